The second kappa shape index (κ2) is 8.47. The molecule has 0 aliphatic carbocycles. The van der Waals surface area contributed by atoms with E-state index in [1.807, 2.05) is 13.8 Å². The number of nitrogens with zero attached hydrogens (tertiary/aromatic N) is 2. The van der Waals surface area contributed by atoms with Gasteiger partial charge in [0.15, 0.2) is 0 Å². The average molecular weight is 437 g/mol. The van der Waals surface area contributed by atoms with Crippen molar-refractivity contribution in [3.05, 3.63) is 52.5 Å². The van der Waals surface area contributed by atoms with E-state index in [4.69, 9.17) is 5.73 Å². The zero-order valence-corrected chi connectivity index (χ0v) is 17.0. The molecule has 0 aliphatic rings. The van der Waals surface area contributed by atoms with Crippen molar-refractivity contribution in [1.82, 2.24) is 15.1 Å². The normalized spacial score (nSPS) is 13.7. The average Bonchev–Trinajstić information content (AvgIpc) is 2.98. The lowest BCUT2D eigenvalue weighted by Crippen LogP contribution is -2.55. The van der Waals surface area contributed by atoms with Crippen LogP contribution in [0.15, 0.2) is 41.1 Å². The van der Waals surface area contributed by atoms with Crippen LogP contribution in [0.2, 0.25) is 0 Å². The summed E-state index contributed by atoms with van der Waals surface area (Å²) in [5.41, 5.74) is 5.08. The molecule has 2 aromatic rings. The first-order valence-electron chi connectivity index (χ1n) is 8.41. The molecule has 0 radical (unpaired) electrons. The fraction of sp³-hybridized carbons (Fsp3) is 0.316. The van der Waals surface area contributed by atoms with Crippen LogP contribution in [0.5, 0.6) is 0 Å². The summed E-state index contributed by atoms with van der Waals surface area (Å²) in [6, 6.07) is 4.54. The van der Waals surface area contributed by atoms with Gasteiger partial charge in [0.1, 0.15) is 17.0 Å². The molecule has 0 saturated carbocycles. The van der Waals surface area contributed by atoms with Crippen molar-refractivity contribution in [1.29, 1.82) is 0 Å². The third kappa shape index (κ3) is 5.50. The van der Waals surface area contributed by atoms with Crippen LogP contribution in [0, 0.1) is 11.7 Å². The van der Waals surface area contributed by atoms with E-state index < -0.39 is 23.2 Å². The molecule has 3 N–H and O–H groups in total. The van der Waals surface area contributed by atoms with Gasteiger partial charge >= 0.3 is 0 Å². The van der Waals surface area contributed by atoms with Gasteiger partial charge in [0.25, 0.3) is 0 Å². The van der Waals surface area contributed by atoms with Crippen molar-refractivity contribution in [2.45, 2.75) is 32.7 Å². The number of halogens is 2. The van der Waals surface area contributed by atoms with E-state index in [0.29, 0.717) is 17.7 Å². The summed E-state index contributed by atoms with van der Waals surface area (Å²) in [6.07, 6.45) is 6.34. The second-order valence-electron chi connectivity index (χ2n) is 6.93. The maximum atomic E-state index is 14.3. The van der Waals surface area contributed by atoms with Gasteiger partial charge in [0, 0.05) is 12.3 Å². The number of nitrogens with one attached hydrogen (secondary N) is 1. The fourth-order valence-electron chi connectivity index (χ4n) is 2.76. The highest BCUT2D eigenvalue weighted by Crippen LogP contribution is 2.19. The van der Waals surface area contributed by atoms with E-state index in [1.165, 1.54) is 22.9 Å². The van der Waals surface area contributed by atoms with Gasteiger partial charge in [-0.15, -0.1) is 0 Å². The molecule has 8 heteroatoms. The van der Waals surface area contributed by atoms with E-state index in [2.05, 4.69) is 26.3 Å². The molecule has 144 valence electrons. The second-order valence-corrected chi connectivity index (χ2v) is 7.85. The molecule has 1 unspecified atom stereocenters. The number of hydrogen-bond acceptors (Lipinski definition) is 3. The molecule has 0 saturated heterocycles. The van der Waals surface area contributed by atoms with E-state index in [0.717, 1.165) is 4.47 Å². The third-order valence-electron chi connectivity index (χ3n) is 3.96. The molecule has 0 bridgehead atoms. The van der Waals surface area contributed by atoms with Crippen LogP contribution in [-0.2, 0) is 9.59 Å². The lowest BCUT2D eigenvalue weighted by atomic mass is 9.90. The minimum Gasteiger partial charge on any atom is -0.368 e. The Labute approximate surface area is 165 Å². The highest BCUT2D eigenvalue weighted by molar-refractivity contribution is 9.10. The van der Waals surface area contributed by atoms with Crippen LogP contribution in [-0.4, -0.2) is 27.1 Å². The van der Waals surface area contributed by atoms with E-state index in [9.17, 15) is 14.0 Å². The van der Waals surface area contributed by atoms with Gasteiger partial charge in [-0.2, -0.15) is 5.10 Å². The number of carbonyl (C=O) groups is 2. The van der Waals surface area contributed by atoms with Crippen LogP contribution in [0.25, 0.3) is 11.8 Å². The molecule has 0 aliphatic heterocycles. The smallest absolute Gasteiger partial charge is 0.244 e. The third-order valence-corrected chi connectivity index (χ3v) is 4.37. The summed E-state index contributed by atoms with van der Waals surface area (Å²) < 4.78 is 16.5. The molecule has 2 amide bonds. The summed E-state index contributed by atoms with van der Waals surface area (Å²) >= 11 is 3.26. The Morgan fingerprint density at radius 3 is 2.67 bits per heavy atom. The monoisotopic (exact) mass is 436 g/mol. The molecule has 0 fully saturated rings. The zero-order valence-electron chi connectivity index (χ0n) is 15.4. The number of carbonyl (C=O) groups excluding carboxylic acids is 2. The summed E-state index contributed by atoms with van der Waals surface area (Å²) in [5.74, 6) is -1.37. The number of benzene rings is 1. The molecule has 27 heavy (non-hydrogen) atoms. The van der Waals surface area contributed by atoms with E-state index in [1.54, 1.807) is 31.5 Å². The molecule has 1 atom stereocenters. The van der Waals surface area contributed by atoms with Crippen LogP contribution < -0.4 is 11.1 Å². The minimum atomic E-state index is -1.14. The molecular weight excluding hydrogens is 415 g/mol. The van der Waals surface area contributed by atoms with Crippen molar-refractivity contribution in [3.63, 3.8) is 0 Å². The molecular formula is C19H22BrFN4O2. The highest BCUT2D eigenvalue weighted by Gasteiger charge is 2.32. The van der Waals surface area contributed by atoms with Gasteiger partial charge in [-0.3, -0.25) is 9.59 Å². The summed E-state index contributed by atoms with van der Waals surface area (Å²) in [5, 5.41) is 6.67. The van der Waals surface area contributed by atoms with E-state index >= 15 is 0 Å². The Morgan fingerprint density at radius 2 is 2.15 bits per heavy atom. The van der Waals surface area contributed by atoms with Gasteiger partial charge in [-0.25, -0.2) is 9.07 Å². The van der Waals surface area contributed by atoms with Crippen molar-refractivity contribution in [2.24, 2.45) is 11.7 Å². The first kappa shape index (κ1) is 20.8. The van der Waals surface area contributed by atoms with Crippen LogP contribution in [0.3, 0.4) is 0 Å². The largest absolute Gasteiger partial charge is 0.368 e. The first-order chi connectivity index (χ1) is 12.6. The Balaban J connectivity index is 2.12. The predicted octanol–water partition coefficient (Wildman–Crippen LogP) is 3.19. The number of primary amides is 1. The maximum absolute atomic E-state index is 14.3. The topological polar surface area (TPSA) is 90.0 Å². The quantitative estimate of drug-likeness (QED) is 0.652. The fourth-order valence-corrected chi connectivity index (χ4v) is 3.05. The standard InChI is InChI=1S/C19H22BrFN4O2/c1-12(2)9-19(3,18(22)27)24-17(26)7-5-13-4-6-16(15(21)8-13)25-11-14(20)10-23-25/h4-8,10-12H,9H2,1-3H3,(H2,22,27)(H,24,26)/b7-5+. The maximum Gasteiger partial charge on any atom is 0.244 e. The Bertz CT molecular complexity index is 878. The van der Waals surface area contributed by atoms with Gasteiger partial charge in [-0.05, 0) is 59.0 Å². The van der Waals surface area contributed by atoms with Crippen LogP contribution in [0.4, 0.5) is 4.39 Å². The number of hydrogen-bond donors (Lipinski definition) is 2. The molecule has 2 rings (SSSR count). The molecule has 6 nitrogen and oxygen atoms in total. The summed E-state index contributed by atoms with van der Waals surface area (Å²) in [7, 11) is 0. The number of rotatable bonds is 7. The Morgan fingerprint density at radius 1 is 1.44 bits per heavy atom. The molecule has 1 aromatic carbocycles. The minimum absolute atomic E-state index is 0.177. The number of nitrogens with two attached hydrogens (primary N) is 1. The van der Waals surface area contributed by atoms with Gasteiger partial charge < -0.3 is 11.1 Å². The van der Waals surface area contributed by atoms with Gasteiger partial charge in [0.2, 0.25) is 11.8 Å². The van der Waals surface area contributed by atoms with Crippen LogP contribution in [0.1, 0.15) is 32.8 Å². The predicted molar refractivity (Wildman–Crippen MR) is 105 cm³/mol. The molecule has 0 spiro atoms. The zero-order chi connectivity index (χ0) is 20.2. The van der Waals surface area contributed by atoms with Gasteiger partial charge in [0.05, 0.1) is 10.7 Å². The number of aromatic nitrogens is 2. The summed E-state index contributed by atoms with van der Waals surface area (Å²) in [6.45, 7) is 5.47. The molecule has 1 heterocycles. The van der Waals surface area contributed by atoms with E-state index in [-0.39, 0.29) is 5.92 Å². The highest BCUT2D eigenvalue weighted by atomic mass is 79.9. The van der Waals surface area contributed by atoms with Crippen molar-refractivity contribution < 1.29 is 14.0 Å². The lowest BCUT2D eigenvalue weighted by Gasteiger charge is -2.28. The Hall–Kier alpha value is -2.48. The molecule has 1 aromatic heterocycles. The SMILES string of the molecule is CC(C)CC(C)(NC(=O)/C=C/c1ccc(-n2cc(Br)cn2)c(F)c1)C(N)=O. The van der Waals surface area contributed by atoms with Crippen molar-refractivity contribution in [3.8, 4) is 5.69 Å². The number of amides is 2. The lowest BCUT2D eigenvalue weighted by molar-refractivity contribution is -0.129. The van der Waals surface area contributed by atoms with Crippen molar-refractivity contribution in [2.75, 3.05) is 0 Å². The van der Waals surface area contributed by atoms with Crippen molar-refractivity contribution >= 4 is 33.8 Å². The van der Waals surface area contributed by atoms with Gasteiger partial charge in [-0.1, -0.05) is 19.9 Å². The first-order valence-corrected chi connectivity index (χ1v) is 9.20. The Kier molecular flexibility index (Phi) is 6.54. The van der Waals surface area contributed by atoms with Crippen LogP contribution >= 0.6 is 15.9 Å². The summed E-state index contributed by atoms with van der Waals surface area (Å²) in [4.78, 5) is 23.9.